The standard InChI is InChI=1S/C14H24N4O/c1-4-7-9-18(6-3)14(19)12-10-17-13(11-16-12)15-8-5-2/h10-11H,4-9H2,1-3H3,(H,15,17). The molecule has 1 heterocycles. The van der Waals surface area contributed by atoms with Crippen molar-refractivity contribution in [1.82, 2.24) is 14.9 Å². The average molecular weight is 264 g/mol. The molecule has 1 rings (SSSR count). The van der Waals surface area contributed by atoms with Crippen LogP contribution in [0, 0.1) is 0 Å². The lowest BCUT2D eigenvalue weighted by Crippen LogP contribution is -2.32. The highest BCUT2D eigenvalue weighted by molar-refractivity contribution is 5.92. The first kappa shape index (κ1) is 15.4. The molecular weight excluding hydrogens is 240 g/mol. The van der Waals surface area contributed by atoms with Crippen molar-refractivity contribution in [2.45, 2.75) is 40.0 Å². The van der Waals surface area contributed by atoms with Crippen molar-refractivity contribution in [3.63, 3.8) is 0 Å². The zero-order chi connectivity index (χ0) is 14.1. The second-order valence-electron chi connectivity index (χ2n) is 4.45. The molecule has 5 heteroatoms. The molecule has 0 radical (unpaired) electrons. The van der Waals surface area contributed by atoms with Crippen LogP contribution in [0.15, 0.2) is 12.4 Å². The molecule has 0 aliphatic rings. The van der Waals surface area contributed by atoms with Crippen molar-refractivity contribution in [3.8, 4) is 0 Å². The van der Waals surface area contributed by atoms with E-state index in [0.29, 0.717) is 12.2 Å². The smallest absolute Gasteiger partial charge is 0.274 e. The minimum Gasteiger partial charge on any atom is -0.369 e. The second-order valence-corrected chi connectivity index (χ2v) is 4.45. The fraction of sp³-hybridized carbons (Fsp3) is 0.643. The maximum Gasteiger partial charge on any atom is 0.274 e. The van der Waals surface area contributed by atoms with E-state index in [4.69, 9.17) is 0 Å². The summed E-state index contributed by atoms with van der Waals surface area (Å²) in [6, 6.07) is 0. The third-order valence-electron chi connectivity index (χ3n) is 2.88. The largest absolute Gasteiger partial charge is 0.369 e. The summed E-state index contributed by atoms with van der Waals surface area (Å²) in [5.74, 6) is 0.681. The number of aromatic nitrogens is 2. The van der Waals surface area contributed by atoms with E-state index in [1.165, 1.54) is 0 Å². The number of carbonyl (C=O) groups excluding carboxylic acids is 1. The van der Waals surface area contributed by atoms with E-state index in [2.05, 4.69) is 29.1 Å². The van der Waals surface area contributed by atoms with Crippen LogP contribution in [0.3, 0.4) is 0 Å². The van der Waals surface area contributed by atoms with Crippen LogP contribution in [0.4, 0.5) is 5.82 Å². The van der Waals surface area contributed by atoms with E-state index in [1.807, 2.05) is 11.8 Å². The van der Waals surface area contributed by atoms with Crippen molar-refractivity contribution >= 4 is 11.7 Å². The van der Waals surface area contributed by atoms with Gasteiger partial charge < -0.3 is 10.2 Å². The highest BCUT2D eigenvalue weighted by Crippen LogP contribution is 2.06. The molecule has 0 spiro atoms. The number of nitrogens with one attached hydrogen (secondary N) is 1. The summed E-state index contributed by atoms with van der Waals surface area (Å²) in [6.45, 7) is 8.54. The average Bonchev–Trinajstić information content (AvgIpc) is 2.46. The Morgan fingerprint density at radius 3 is 2.53 bits per heavy atom. The highest BCUT2D eigenvalue weighted by atomic mass is 16.2. The number of anilines is 1. The maximum atomic E-state index is 12.2. The van der Waals surface area contributed by atoms with Crippen molar-refractivity contribution in [2.24, 2.45) is 0 Å². The first-order chi connectivity index (χ1) is 9.22. The minimum absolute atomic E-state index is 0.0366. The second kappa shape index (κ2) is 8.45. The number of nitrogens with zero attached hydrogens (tertiary/aromatic N) is 3. The summed E-state index contributed by atoms with van der Waals surface area (Å²) in [4.78, 5) is 22.4. The van der Waals surface area contributed by atoms with Crippen LogP contribution < -0.4 is 5.32 Å². The third kappa shape index (κ3) is 4.85. The Balaban J connectivity index is 2.65. The molecule has 0 saturated heterocycles. The van der Waals surface area contributed by atoms with Crippen molar-refractivity contribution in [3.05, 3.63) is 18.1 Å². The van der Waals surface area contributed by atoms with Gasteiger partial charge in [0.05, 0.1) is 12.4 Å². The Morgan fingerprint density at radius 2 is 2.00 bits per heavy atom. The molecule has 0 atom stereocenters. The Labute approximate surface area is 115 Å². The molecule has 106 valence electrons. The molecule has 0 aliphatic heterocycles. The topological polar surface area (TPSA) is 58.1 Å². The van der Waals surface area contributed by atoms with Crippen molar-refractivity contribution < 1.29 is 4.79 Å². The Bertz CT molecular complexity index is 378. The molecule has 0 saturated carbocycles. The molecule has 0 aliphatic carbocycles. The minimum atomic E-state index is -0.0366. The lowest BCUT2D eigenvalue weighted by atomic mass is 10.3. The SMILES string of the molecule is CCCCN(CC)C(=O)c1cnc(NCCC)cn1. The number of rotatable bonds is 8. The van der Waals surface area contributed by atoms with Crippen LogP contribution in [-0.4, -0.2) is 40.4 Å². The van der Waals surface area contributed by atoms with Crippen LogP contribution >= 0.6 is 0 Å². The van der Waals surface area contributed by atoms with Gasteiger partial charge in [-0.25, -0.2) is 9.97 Å². The monoisotopic (exact) mass is 264 g/mol. The van der Waals surface area contributed by atoms with E-state index in [1.54, 1.807) is 12.4 Å². The van der Waals surface area contributed by atoms with Gasteiger partial charge in [0.1, 0.15) is 11.5 Å². The predicted molar refractivity (Wildman–Crippen MR) is 77.3 cm³/mol. The molecule has 1 aromatic rings. The number of amides is 1. The fourth-order valence-corrected chi connectivity index (χ4v) is 1.70. The zero-order valence-electron chi connectivity index (χ0n) is 12.1. The van der Waals surface area contributed by atoms with Crippen LogP contribution in [-0.2, 0) is 0 Å². The zero-order valence-corrected chi connectivity index (χ0v) is 12.1. The molecule has 5 nitrogen and oxygen atoms in total. The van der Waals surface area contributed by atoms with E-state index in [0.717, 1.165) is 38.2 Å². The van der Waals surface area contributed by atoms with Gasteiger partial charge in [0.2, 0.25) is 0 Å². The van der Waals surface area contributed by atoms with Crippen molar-refractivity contribution in [2.75, 3.05) is 25.0 Å². The van der Waals surface area contributed by atoms with Gasteiger partial charge in [-0.2, -0.15) is 0 Å². The number of unbranched alkanes of at least 4 members (excludes halogenated alkanes) is 1. The van der Waals surface area contributed by atoms with Crippen LogP contribution in [0.2, 0.25) is 0 Å². The molecule has 0 fully saturated rings. The Hall–Kier alpha value is -1.65. The lowest BCUT2D eigenvalue weighted by Gasteiger charge is -2.19. The van der Waals surface area contributed by atoms with Gasteiger partial charge in [0.25, 0.3) is 5.91 Å². The highest BCUT2D eigenvalue weighted by Gasteiger charge is 2.15. The van der Waals surface area contributed by atoms with Gasteiger partial charge in [-0.05, 0) is 19.8 Å². The predicted octanol–water partition coefficient (Wildman–Crippen LogP) is 2.56. The van der Waals surface area contributed by atoms with Crippen molar-refractivity contribution in [1.29, 1.82) is 0 Å². The van der Waals surface area contributed by atoms with E-state index in [9.17, 15) is 4.79 Å². The summed E-state index contributed by atoms with van der Waals surface area (Å²) in [7, 11) is 0. The molecule has 1 N–H and O–H groups in total. The fourth-order valence-electron chi connectivity index (χ4n) is 1.70. The van der Waals surface area contributed by atoms with Gasteiger partial charge in [0.15, 0.2) is 0 Å². The van der Waals surface area contributed by atoms with E-state index in [-0.39, 0.29) is 5.91 Å². The molecular formula is C14H24N4O. The summed E-state index contributed by atoms with van der Waals surface area (Å²) in [6.07, 6.45) is 6.30. The normalized spacial score (nSPS) is 10.3. The molecule has 0 aromatic carbocycles. The van der Waals surface area contributed by atoms with Gasteiger partial charge in [0, 0.05) is 19.6 Å². The van der Waals surface area contributed by atoms with Gasteiger partial charge >= 0.3 is 0 Å². The first-order valence-corrected chi connectivity index (χ1v) is 7.08. The molecule has 0 bridgehead atoms. The van der Waals surface area contributed by atoms with E-state index >= 15 is 0 Å². The summed E-state index contributed by atoms with van der Waals surface area (Å²) in [5, 5.41) is 3.14. The lowest BCUT2D eigenvalue weighted by molar-refractivity contribution is 0.0756. The number of carbonyl (C=O) groups is 1. The van der Waals surface area contributed by atoms with Crippen LogP contribution in [0.25, 0.3) is 0 Å². The first-order valence-electron chi connectivity index (χ1n) is 7.08. The quantitative estimate of drug-likeness (QED) is 0.784. The summed E-state index contributed by atoms with van der Waals surface area (Å²) >= 11 is 0. The summed E-state index contributed by atoms with van der Waals surface area (Å²) in [5.41, 5.74) is 0.417. The van der Waals surface area contributed by atoms with Gasteiger partial charge in [-0.1, -0.05) is 20.3 Å². The van der Waals surface area contributed by atoms with Gasteiger partial charge in [-0.15, -0.1) is 0 Å². The van der Waals surface area contributed by atoms with Crippen LogP contribution in [0.5, 0.6) is 0 Å². The molecule has 0 unspecified atom stereocenters. The van der Waals surface area contributed by atoms with Crippen LogP contribution in [0.1, 0.15) is 50.5 Å². The Kier molecular flexibility index (Phi) is 6.85. The summed E-state index contributed by atoms with van der Waals surface area (Å²) < 4.78 is 0. The molecule has 1 amide bonds. The maximum absolute atomic E-state index is 12.2. The molecule has 19 heavy (non-hydrogen) atoms. The molecule has 1 aromatic heterocycles. The third-order valence-corrected chi connectivity index (χ3v) is 2.88. The Morgan fingerprint density at radius 1 is 1.21 bits per heavy atom. The van der Waals surface area contributed by atoms with Gasteiger partial charge in [-0.3, -0.25) is 4.79 Å². The number of hydrogen-bond donors (Lipinski definition) is 1. The number of hydrogen-bond acceptors (Lipinski definition) is 4. The van der Waals surface area contributed by atoms with E-state index < -0.39 is 0 Å².